The summed E-state index contributed by atoms with van der Waals surface area (Å²) >= 11 is 0. The fourth-order valence-electron chi connectivity index (χ4n) is 8.30. The molecule has 66 heavy (non-hydrogen) atoms. The highest BCUT2D eigenvalue weighted by molar-refractivity contribution is 7.90. The van der Waals surface area contributed by atoms with Crippen LogP contribution in [0.5, 0.6) is 5.75 Å². The number of aromatic nitrogens is 1. The topological polar surface area (TPSA) is 209 Å². The standard InChI is InChI=1S/C44H48F3N7O11S/c45-27-9-10-53(26-27)66(60,61)50-36-6-4-34(46)39(40(36)47)41(56)33-25-48-35-5-2-29(24-31(33)35)65-22-21-64-20-19-63-18-17-62-16-15-51-11-13-52(14-12-51)28-1-3-30-32(23-28)44(59)54(43(30)58)37-7-8-38(55)49-42(37)57/h1-6,23-25,27,37,48,50H,7-22,26H2,(H,49,55,57)/t27-,37?/m1/s1. The largest absolute Gasteiger partial charge is 0.491 e. The van der Waals surface area contributed by atoms with Crippen molar-refractivity contribution in [3.63, 3.8) is 0 Å². The molecule has 1 unspecified atom stereocenters. The minimum Gasteiger partial charge on any atom is -0.491 e. The van der Waals surface area contributed by atoms with Crippen molar-refractivity contribution in [1.82, 2.24) is 24.4 Å². The smallest absolute Gasteiger partial charge is 0.301 e. The van der Waals surface area contributed by atoms with Gasteiger partial charge >= 0.3 is 10.2 Å². The van der Waals surface area contributed by atoms with Crippen LogP contribution in [0.25, 0.3) is 10.9 Å². The van der Waals surface area contributed by atoms with Gasteiger partial charge in [-0.2, -0.15) is 12.7 Å². The van der Waals surface area contributed by atoms with Crippen LogP contribution < -0.4 is 19.7 Å². The van der Waals surface area contributed by atoms with Crippen LogP contribution >= 0.6 is 0 Å². The molecule has 0 radical (unpaired) electrons. The molecule has 22 heteroatoms. The molecule has 2 atom stereocenters. The zero-order valence-corrected chi connectivity index (χ0v) is 36.5. The number of hydrogen-bond donors (Lipinski definition) is 3. The van der Waals surface area contributed by atoms with Crippen LogP contribution in [0.4, 0.5) is 24.5 Å². The van der Waals surface area contributed by atoms with Gasteiger partial charge in [0.25, 0.3) is 11.8 Å². The molecule has 3 aromatic carbocycles. The number of fused-ring (bicyclic) bond motifs is 2. The number of amides is 4. The molecule has 3 fully saturated rings. The number of alkyl halides is 1. The lowest BCUT2D eigenvalue weighted by Crippen LogP contribution is -2.54. The highest BCUT2D eigenvalue weighted by Gasteiger charge is 2.45. The second-order valence-electron chi connectivity index (χ2n) is 16.1. The van der Waals surface area contributed by atoms with Crippen LogP contribution in [-0.4, -0.2) is 161 Å². The highest BCUT2D eigenvalue weighted by atomic mass is 32.2. The maximum Gasteiger partial charge on any atom is 0.301 e. The number of piperidine rings is 1. The fraction of sp³-hybridized carbons (Fsp3) is 0.432. The number of H-pyrrole nitrogens is 1. The lowest BCUT2D eigenvalue weighted by Gasteiger charge is -2.36. The van der Waals surface area contributed by atoms with Crippen LogP contribution in [0.2, 0.25) is 0 Å². The van der Waals surface area contributed by atoms with Gasteiger partial charge in [-0.3, -0.25) is 43.8 Å². The van der Waals surface area contributed by atoms with Crippen molar-refractivity contribution in [3.05, 3.63) is 88.6 Å². The quantitative estimate of drug-likeness (QED) is 0.0663. The van der Waals surface area contributed by atoms with Gasteiger partial charge in [0, 0.05) is 80.6 Å². The molecule has 4 aliphatic heterocycles. The number of carbonyl (C=O) groups excluding carboxylic acids is 5. The highest BCUT2D eigenvalue weighted by Crippen LogP contribution is 2.33. The molecule has 0 aliphatic carbocycles. The number of ketones is 1. The summed E-state index contributed by atoms with van der Waals surface area (Å²) in [4.78, 5) is 72.0. The summed E-state index contributed by atoms with van der Waals surface area (Å²) in [6.45, 7) is 5.47. The Labute approximate surface area is 377 Å². The fourth-order valence-corrected chi connectivity index (χ4v) is 9.57. The monoisotopic (exact) mass is 939 g/mol. The molecule has 352 valence electrons. The third kappa shape index (κ3) is 10.2. The van der Waals surface area contributed by atoms with Crippen LogP contribution in [0.1, 0.15) is 55.9 Å². The molecule has 3 saturated heterocycles. The third-order valence-electron chi connectivity index (χ3n) is 11.8. The molecular weight excluding hydrogens is 892 g/mol. The first-order valence-corrected chi connectivity index (χ1v) is 23.0. The van der Waals surface area contributed by atoms with Gasteiger partial charge in [0.15, 0.2) is 5.82 Å². The van der Waals surface area contributed by atoms with Gasteiger partial charge in [0.05, 0.1) is 62.0 Å². The molecule has 4 amide bonds. The molecule has 0 spiro atoms. The van der Waals surface area contributed by atoms with Gasteiger partial charge in [-0.05, 0) is 61.4 Å². The van der Waals surface area contributed by atoms with Crippen LogP contribution in [0, 0.1) is 11.6 Å². The first kappa shape index (κ1) is 46.6. The molecule has 4 aliphatic rings. The van der Waals surface area contributed by atoms with Gasteiger partial charge in [-0.25, -0.2) is 13.2 Å². The number of benzene rings is 3. The van der Waals surface area contributed by atoms with Crippen molar-refractivity contribution in [2.75, 3.05) is 102 Å². The molecule has 18 nitrogen and oxygen atoms in total. The molecule has 4 aromatic rings. The average molecular weight is 940 g/mol. The summed E-state index contributed by atoms with van der Waals surface area (Å²) in [5.74, 6) is -5.38. The Balaban J connectivity index is 0.697. The number of carbonyl (C=O) groups is 5. The van der Waals surface area contributed by atoms with Crippen molar-refractivity contribution in [2.24, 2.45) is 0 Å². The number of hydrogen-bond acceptors (Lipinski definition) is 13. The van der Waals surface area contributed by atoms with E-state index in [2.05, 4.69) is 20.1 Å². The number of imide groups is 2. The van der Waals surface area contributed by atoms with E-state index in [1.54, 1.807) is 24.3 Å². The average Bonchev–Trinajstić information content (AvgIpc) is 4.01. The number of halogens is 3. The maximum atomic E-state index is 15.6. The molecule has 8 rings (SSSR count). The van der Waals surface area contributed by atoms with E-state index in [-0.39, 0.29) is 55.7 Å². The van der Waals surface area contributed by atoms with E-state index in [9.17, 15) is 41.2 Å². The predicted molar refractivity (Wildman–Crippen MR) is 231 cm³/mol. The minimum atomic E-state index is -4.36. The molecule has 1 aromatic heterocycles. The Morgan fingerprint density at radius 2 is 1.52 bits per heavy atom. The molecule has 0 bridgehead atoms. The van der Waals surface area contributed by atoms with Crippen molar-refractivity contribution in [1.29, 1.82) is 0 Å². The van der Waals surface area contributed by atoms with Gasteiger partial charge in [-0.15, -0.1) is 0 Å². The SMILES string of the molecule is O=C1CCC(N2C(=O)c3ccc(N4CCN(CCOCCOCCOCCOc5ccc6[nH]cc(C(=O)c7c(F)ccc(NS(=O)(=O)N8CC[C@@H](F)C8)c7F)c6c5)CC4)cc3C2=O)C(=O)N1. The second-order valence-corrected chi connectivity index (χ2v) is 17.7. The number of rotatable bonds is 20. The number of anilines is 2. The van der Waals surface area contributed by atoms with Gasteiger partial charge in [0.1, 0.15) is 30.4 Å². The summed E-state index contributed by atoms with van der Waals surface area (Å²) in [6, 6.07) is 10.6. The van der Waals surface area contributed by atoms with Gasteiger partial charge < -0.3 is 28.8 Å². The summed E-state index contributed by atoms with van der Waals surface area (Å²) < 4.78 is 95.1. The van der Waals surface area contributed by atoms with Crippen LogP contribution in [0.15, 0.2) is 54.7 Å². The number of nitrogens with one attached hydrogen (secondary N) is 3. The van der Waals surface area contributed by atoms with Crippen molar-refractivity contribution in [2.45, 2.75) is 31.5 Å². The third-order valence-corrected chi connectivity index (χ3v) is 13.3. The normalized spacial score (nSPS) is 19.5. The van der Waals surface area contributed by atoms with Crippen LogP contribution in [0.3, 0.4) is 0 Å². The Morgan fingerprint density at radius 1 is 0.803 bits per heavy atom. The molecule has 3 N–H and O–H groups in total. The maximum absolute atomic E-state index is 15.6. The number of aromatic amines is 1. The number of ether oxygens (including phenoxy) is 4. The zero-order chi connectivity index (χ0) is 46.5. The summed E-state index contributed by atoms with van der Waals surface area (Å²) in [7, 11) is -4.36. The van der Waals surface area contributed by atoms with Gasteiger partial charge in [0.2, 0.25) is 17.6 Å². The number of nitrogens with zero attached hydrogens (tertiary/aromatic N) is 4. The molecular formula is C44H48F3N7O11S. The zero-order valence-electron chi connectivity index (χ0n) is 35.7. The summed E-state index contributed by atoms with van der Waals surface area (Å²) in [5, 5.41) is 2.53. The van der Waals surface area contributed by atoms with E-state index in [0.29, 0.717) is 62.8 Å². The van der Waals surface area contributed by atoms with Crippen molar-refractivity contribution in [3.8, 4) is 5.75 Å². The molecule has 0 saturated carbocycles. The van der Waals surface area contributed by atoms with E-state index in [0.717, 1.165) is 46.7 Å². The summed E-state index contributed by atoms with van der Waals surface area (Å²) in [5.41, 5.74) is 0.138. The Morgan fingerprint density at radius 3 is 2.23 bits per heavy atom. The number of piperazine rings is 1. The van der Waals surface area contributed by atoms with E-state index in [1.165, 1.54) is 12.3 Å². The lowest BCUT2D eigenvalue weighted by molar-refractivity contribution is -0.136. The second kappa shape index (κ2) is 20.3. The molecule has 5 heterocycles. The predicted octanol–water partition coefficient (Wildman–Crippen LogP) is 3.03. The summed E-state index contributed by atoms with van der Waals surface area (Å²) in [6.07, 6.45) is 0.0993. The lowest BCUT2D eigenvalue weighted by atomic mass is 10.0. The van der Waals surface area contributed by atoms with Crippen molar-refractivity contribution < 1.29 is 64.5 Å². The first-order valence-electron chi connectivity index (χ1n) is 21.5. The van der Waals surface area contributed by atoms with E-state index < -0.39 is 81.3 Å². The minimum absolute atomic E-state index is 0.00695. The Hall–Kier alpha value is -5.91. The van der Waals surface area contributed by atoms with E-state index in [4.69, 9.17) is 18.9 Å². The Kier molecular flexibility index (Phi) is 14.3. The van der Waals surface area contributed by atoms with Crippen molar-refractivity contribution >= 4 is 61.9 Å². The van der Waals surface area contributed by atoms with E-state index >= 15 is 4.39 Å². The Bertz CT molecular complexity index is 2620. The van der Waals surface area contributed by atoms with Gasteiger partial charge in [-0.1, -0.05) is 0 Å². The first-order chi connectivity index (χ1) is 31.8. The van der Waals surface area contributed by atoms with Crippen LogP contribution in [-0.2, 0) is 34.0 Å². The van der Waals surface area contributed by atoms with E-state index in [1.807, 2.05) is 10.8 Å².